The zero-order chi connectivity index (χ0) is 24.2. The second-order valence-electron chi connectivity index (χ2n) is 9.25. The van der Waals surface area contributed by atoms with Gasteiger partial charge in [-0.15, -0.1) is 0 Å². The maximum absolute atomic E-state index is 12.8. The van der Waals surface area contributed by atoms with Crippen molar-refractivity contribution in [2.24, 2.45) is 0 Å². The molecule has 0 radical (unpaired) electrons. The van der Waals surface area contributed by atoms with E-state index < -0.39 is 11.7 Å². The standard InChI is InChI=1S/C28H25F3N2O2/c1-34-26-14-21-18(12-27(26)35-16-17-6-8-19(9-7-17)28(29,30)31)10-11-33-15-24-22(13-25(21)33)20-4-2-3-5-23(20)32-24/h2-9,12,14,25,32H,10-11,13,15-16H2,1H3. The molecule has 180 valence electrons. The summed E-state index contributed by atoms with van der Waals surface area (Å²) in [5.41, 5.74) is 6.36. The maximum atomic E-state index is 12.8. The Balaban J connectivity index is 1.26. The van der Waals surface area contributed by atoms with Gasteiger partial charge in [0, 0.05) is 35.7 Å². The molecule has 7 heteroatoms. The minimum absolute atomic E-state index is 0.168. The molecule has 0 spiro atoms. The smallest absolute Gasteiger partial charge is 0.416 e. The van der Waals surface area contributed by atoms with Crippen molar-refractivity contribution in [1.29, 1.82) is 0 Å². The number of ether oxygens (including phenoxy) is 2. The van der Waals surface area contributed by atoms with Gasteiger partial charge in [0.05, 0.1) is 12.7 Å². The fourth-order valence-electron chi connectivity index (χ4n) is 5.43. The molecule has 3 heterocycles. The number of rotatable bonds is 4. The quantitative estimate of drug-likeness (QED) is 0.367. The van der Waals surface area contributed by atoms with Gasteiger partial charge in [0.2, 0.25) is 0 Å². The van der Waals surface area contributed by atoms with E-state index in [-0.39, 0.29) is 12.6 Å². The van der Waals surface area contributed by atoms with Crippen LogP contribution in [0.2, 0.25) is 0 Å². The van der Waals surface area contributed by atoms with E-state index in [4.69, 9.17) is 9.47 Å². The van der Waals surface area contributed by atoms with Crippen LogP contribution in [0.3, 0.4) is 0 Å². The van der Waals surface area contributed by atoms with Crippen LogP contribution >= 0.6 is 0 Å². The highest BCUT2D eigenvalue weighted by atomic mass is 19.4. The highest BCUT2D eigenvalue weighted by Gasteiger charge is 2.35. The lowest BCUT2D eigenvalue weighted by atomic mass is 9.85. The monoisotopic (exact) mass is 478 g/mol. The van der Waals surface area contributed by atoms with E-state index in [0.29, 0.717) is 17.1 Å². The first-order valence-electron chi connectivity index (χ1n) is 11.7. The fourth-order valence-corrected chi connectivity index (χ4v) is 5.43. The molecule has 0 amide bonds. The Hall–Kier alpha value is -3.45. The Kier molecular flexibility index (Phi) is 5.25. The van der Waals surface area contributed by atoms with E-state index in [1.54, 1.807) is 7.11 Å². The van der Waals surface area contributed by atoms with Crippen LogP contribution in [0.15, 0.2) is 60.7 Å². The normalized spacial score (nSPS) is 17.5. The number of methoxy groups -OCH3 is 1. The van der Waals surface area contributed by atoms with Crippen LogP contribution in [0.4, 0.5) is 13.2 Å². The second kappa shape index (κ2) is 8.34. The molecule has 0 aliphatic carbocycles. The fraction of sp³-hybridized carbons (Fsp3) is 0.286. The summed E-state index contributed by atoms with van der Waals surface area (Å²) in [5, 5.41) is 1.29. The number of fused-ring (bicyclic) bond motifs is 6. The summed E-state index contributed by atoms with van der Waals surface area (Å²) in [6.07, 6.45) is -2.51. The maximum Gasteiger partial charge on any atom is 0.416 e. The van der Waals surface area contributed by atoms with E-state index >= 15 is 0 Å². The van der Waals surface area contributed by atoms with E-state index in [1.165, 1.54) is 45.4 Å². The van der Waals surface area contributed by atoms with Gasteiger partial charge in [-0.3, -0.25) is 4.90 Å². The molecule has 2 aliphatic heterocycles. The molecule has 3 aromatic carbocycles. The zero-order valence-electron chi connectivity index (χ0n) is 19.3. The Morgan fingerprint density at radius 2 is 1.83 bits per heavy atom. The number of nitrogens with one attached hydrogen (secondary N) is 1. The lowest BCUT2D eigenvalue weighted by molar-refractivity contribution is -0.137. The summed E-state index contributed by atoms with van der Waals surface area (Å²) in [6.45, 7) is 2.02. The third-order valence-corrected chi connectivity index (χ3v) is 7.23. The van der Waals surface area contributed by atoms with Crippen LogP contribution in [0.5, 0.6) is 11.5 Å². The third kappa shape index (κ3) is 3.93. The molecular formula is C28H25F3N2O2. The van der Waals surface area contributed by atoms with Crippen molar-refractivity contribution in [3.63, 3.8) is 0 Å². The van der Waals surface area contributed by atoms with Crippen LogP contribution < -0.4 is 9.47 Å². The van der Waals surface area contributed by atoms with Crippen LogP contribution in [0, 0.1) is 0 Å². The number of para-hydroxylation sites is 1. The number of aromatic amines is 1. The first-order valence-corrected chi connectivity index (χ1v) is 11.7. The Morgan fingerprint density at radius 1 is 1.03 bits per heavy atom. The van der Waals surface area contributed by atoms with Gasteiger partial charge in [0.1, 0.15) is 6.61 Å². The minimum atomic E-state index is -4.35. The molecule has 35 heavy (non-hydrogen) atoms. The molecule has 4 aromatic rings. The van der Waals surface area contributed by atoms with Crippen LogP contribution in [-0.2, 0) is 32.2 Å². The third-order valence-electron chi connectivity index (χ3n) is 7.23. The summed E-state index contributed by atoms with van der Waals surface area (Å²) in [5.74, 6) is 1.26. The highest BCUT2D eigenvalue weighted by molar-refractivity contribution is 5.85. The van der Waals surface area contributed by atoms with E-state index in [0.717, 1.165) is 38.1 Å². The predicted octanol–water partition coefficient (Wildman–Crippen LogP) is 6.43. The second-order valence-corrected chi connectivity index (χ2v) is 9.25. The lowest BCUT2D eigenvalue weighted by Gasteiger charge is -2.40. The van der Waals surface area contributed by atoms with Crippen molar-refractivity contribution in [2.75, 3.05) is 13.7 Å². The average molecular weight is 479 g/mol. The summed E-state index contributed by atoms with van der Waals surface area (Å²) in [7, 11) is 1.62. The van der Waals surface area contributed by atoms with E-state index in [9.17, 15) is 13.2 Å². The SMILES string of the molecule is COc1cc2c(cc1OCc1ccc(C(F)(F)F)cc1)CCN1Cc3[nH]c4ccccc4c3CC21. The van der Waals surface area contributed by atoms with Crippen LogP contribution in [-0.4, -0.2) is 23.5 Å². The molecular weight excluding hydrogens is 453 g/mol. The Labute approximate surface area is 201 Å². The highest BCUT2D eigenvalue weighted by Crippen LogP contribution is 2.44. The average Bonchev–Trinajstić information content (AvgIpc) is 3.22. The Morgan fingerprint density at radius 3 is 2.60 bits per heavy atom. The summed E-state index contributed by atoms with van der Waals surface area (Å²) in [4.78, 5) is 6.12. The molecule has 0 saturated carbocycles. The van der Waals surface area contributed by atoms with Gasteiger partial charge < -0.3 is 14.5 Å². The van der Waals surface area contributed by atoms with Gasteiger partial charge in [0.15, 0.2) is 11.5 Å². The summed E-state index contributed by atoms with van der Waals surface area (Å²) < 4.78 is 50.2. The number of benzene rings is 3. The topological polar surface area (TPSA) is 37.5 Å². The van der Waals surface area contributed by atoms with Crippen LogP contribution in [0.25, 0.3) is 10.9 Å². The Bertz CT molecular complexity index is 1390. The van der Waals surface area contributed by atoms with Crippen molar-refractivity contribution in [3.8, 4) is 11.5 Å². The molecule has 1 N–H and O–H groups in total. The summed E-state index contributed by atoms with van der Waals surface area (Å²) in [6, 6.07) is 17.9. The first-order chi connectivity index (χ1) is 16.9. The number of alkyl halides is 3. The van der Waals surface area contributed by atoms with Gasteiger partial charge in [-0.05, 0) is 65.4 Å². The molecule has 6 rings (SSSR count). The van der Waals surface area contributed by atoms with Crippen molar-refractivity contribution in [2.45, 2.75) is 38.2 Å². The number of H-pyrrole nitrogens is 1. The molecule has 0 saturated heterocycles. The van der Waals surface area contributed by atoms with Crippen molar-refractivity contribution in [1.82, 2.24) is 9.88 Å². The molecule has 1 unspecified atom stereocenters. The van der Waals surface area contributed by atoms with Gasteiger partial charge in [-0.1, -0.05) is 30.3 Å². The van der Waals surface area contributed by atoms with Crippen LogP contribution in [0.1, 0.15) is 39.6 Å². The van der Waals surface area contributed by atoms with Gasteiger partial charge in [0.25, 0.3) is 0 Å². The minimum Gasteiger partial charge on any atom is -0.493 e. The molecule has 1 aromatic heterocycles. The van der Waals surface area contributed by atoms with Crippen molar-refractivity contribution < 1.29 is 22.6 Å². The molecule has 0 fully saturated rings. The molecule has 0 bridgehead atoms. The number of hydrogen-bond donors (Lipinski definition) is 1. The first kappa shape index (κ1) is 22.0. The number of hydrogen-bond acceptors (Lipinski definition) is 3. The number of aromatic nitrogens is 1. The number of halogens is 3. The predicted molar refractivity (Wildman–Crippen MR) is 128 cm³/mol. The van der Waals surface area contributed by atoms with Crippen molar-refractivity contribution >= 4 is 10.9 Å². The number of nitrogens with zero attached hydrogens (tertiary/aromatic N) is 1. The van der Waals surface area contributed by atoms with Gasteiger partial charge >= 0.3 is 6.18 Å². The van der Waals surface area contributed by atoms with E-state index in [2.05, 4.69) is 40.2 Å². The molecule has 4 nitrogen and oxygen atoms in total. The molecule has 2 aliphatic rings. The van der Waals surface area contributed by atoms with E-state index in [1.807, 2.05) is 6.07 Å². The molecule has 1 atom stereocenters. The van der Waals surface area contributed by atoms with Gasteiger partial charge in [-0.25, -0.2) is 0 Å². The summed E-state index contributed by atoms with van der Waals surface area (Å²) >= 11 is 0. The van der Waals surface area contributed by atoms with Crippen molar-refractivity contribution in [3.05, 3.63) is 94.2 Å². The lowest BCUT2D eigenvalue weighted by Crippen LogP contribution is -2.39. The largest absolute Gasteiger partial charge is 0.493 e. The zero-order valence-corrected chi connectivity index (χ0v) is 19.3. The van der Waals surface area contributed by atoms with Gasteiger partial charge in [-0.2, -0.15) is 13.2 Å².